The minimum atomic E-state index is -0.221. The molecular weight excluding hydrogens is 234 g/mol. The van der Waals surface area contributed by atoms with Gasteiger partial charge in [0.15, 0.2) is 5.82 Å². The van der Waals surface area contributed by atoms with Crippen LogP contribution in [0.1, 0.15) is 16.3 Å². The molecule has 2 heterocycles. The Morgan fingerprint density at radius 3 is 2.89 bits per heavy atom. The lowest BCUT2D eigenvalue weighted by Gasteiger charge is -2.04. The summed E-state index contributed by atoms with van der Waals surface area (Å²) >= 11 is 0. The van der Waals surface area contributed by atoms with Crippen molar-refractivity contribution >= 4 is 11.6 Å². The number of carbonyl (C=O) groups is 1. The Balaban J connectivity index is 1.83. The van der Waals surface area contributed by atoms with Crippen molar-refractivity contribution in [1.29, 1.82) is 0 Å². The molecule has 0 atom stereocenters. The van der Waals surface area contributed by atoms with Gasteiger partial charge in [-0.25, -0.2) is 4.98 Å². The van der Waals surface area contributed by atoms with Crippen LogP contribution in [0.2, 0.25) is 0 Å². The van der Waals surface area contributed by atoms with Crippen LogP contribution in [0.15, 0.2) is 29.2 Å². The zero-order valence-corrected chi connectivity index (χ0v) is 9.88. The first-order chi connectivity index (χ1) is 8.79. The molecule has 94 valence electrons. The second kappa shape index (κ2) is 5.76. The van der Waals surface area contributed by atoms with Crippen LogP contribution in [0.4, 0.5) is 5.69 Å². The quantitative estimate of drug-likeness (QED) is 0.798. The first kappa shape index (κ1) is 12.0. The molecule has 0 aliphatic rings. The third-order valence-corrected chi connectivity index (χ3v) is 2.33. The first-order valence-electron chi connectivity index (χ1n) is 5.47. The van der Waals surface area contributed by atoms with E-state index in [1.807, 2.05) is 0 Å². The van der Waals surface area contributed by atoms with Crippen LogP contribution in [-0.4, -0.2) is 34.6 Å². The average Bonchev–Trinajstić information content (AvgIpc) is 2.92. The lowest BCUT2D eigenvalue weighted by Crippen LogP contribution is -2.26. The van der Waals surface area contributed by atoms with Gasteiger partial charge in [0.05, 0.1) is 11.9 Å². The van der Waals surface area contributed by atoms with Crippen LogP contribution in [-0.2, 0) is 6.42 Å². The maximum Gasteiger partial charge on any atom is 0.269 e. The van der Waals surface area contributed by atoms with Crippen LogP contribution in [0.5, 0.6) is 0 Å². The van der Waals surface area contributed by atoms with E-state index < -0.39 is 0 Å². The average molecular weight is 247 g/mol. The number of nitrogens with one attached hydrogen (secondary N) is 2. The molecule has 2 rings (SSSR count). The Hall–Kier alpha value is -2.44. The van der Waals surface area contributed by atoms with Crippen molar-refractivity contribution in [3.05, 3.63) is 36.2 Å². The van der Waals surface area contributed by atoms with Gasteiger partial charge in [-0.3, -0.25) is 4.79 Å². The topological polar surface area (TPSA) is 92.9 Å². The van der Waals surface area contributed by atoms with Crippen molar-refractivity contribution in [2.75, 3.05) is 18.9 Å². The summed E-state index contributed by atoms with van der Waals surface area (Å²) < 4.78 is 4.59. The third-order valence-electron chi connectivity index (χ3n) is 2.33. The third kappa shape index (κ3) is 3.03. The number of anilines is 1. The monoisotopic (exact) mass is 247 g/mol. The van der Waals surface area contributed by atoms with Crippen LogP contribution < -0.4 is 10.6 Å². The van der Waals surface area contributed by atoms with Crippen molar-refractivity contribution in [3.63, 3.8) is 0 Å². The minimum absolute atomic E-state index is 0.221. The van der Waals surface area contributed by atoms with E-state index in [1.54, 1.807) is 25.4 Å². The van der Waals surface area contributed by atoms with E-state index in [-0.39, 0.29) is 5.91 Å². The van der Waals surface area contributed by atoms with E-state index in [1.165, 1.54) is 6.39 Å². The van der Waals surface area contributed by atoms with Crippen LogP contribution in [0.25, 0.3) is 0 Å². The van der Waals surface area contributed by atoms with Gasteiger partial charge in [0.2, 0.25) is 6.39 Å². The van der Waals surface area contributed by atoms with E-state index in [0.29, 0.717) is 24.5 Å². The highest BCUT2D eigenvalue weighted by atomic mass is 16.5. The molecule has 2 aromatic rings. The molecule has 0 bridgehead atoms. The molecule has 2 N–H and O–H groups in total. The Kier molecular flexibility index (Phi) is 3.85. The van der Waals surface area contributed by atoms with Crippen LogP contribution in [0.3, 0.4) is 0 Å². The molecule has 0 spiro atoms. The van der Waals surface area contributed by atoms with Gasteiger partial charge in [0.1, 0.15) is 5.69 Å². The molecule has 18 heavy (non-hydrogen) atoms. The summed E-state index contributed by atoms with van der Waals surface area (Å²) in [6, 6.07) is 3.45. The zero-order valence-electron chi connectivity index (χ0n) is 9.88. The highest BCUT2D eigenvalue weighted by molar-refractivity contribution is 5.92. The van der Waals surface area contributed by atoms with Gasteiger partial charge < -0.3 is 15.2 Å². The molecule has 0 unspecified atom stereocenters. The summed E-state index contributed by atoms with van der Waals surface area (Å²) in [5.41, 5.74) is 1.24. The number of rotatable bonds is 5. The Morgan fingerprint density at radius 1 is 1.39 bits per heavy atom. The molecule has 0 aromatic carbocycles. The fourth-order valence-electron chi connectivity index (χ4n) is 1.36. The van der Waals surface area contributed by atoms with Crippen LogP contribution in [0, 0.1) is 0 Å². The SMILES string of the molecule is CNc1ccc(C(=O)NCCc2ncon2)nc1. The maximum absolute atomic E-state index is 11.7. The lowest BCUT2D eigenvalue weighted by molar-refractivity contribution is 0.0949. The predicted octanol–water partition coefficient (Wildman–Crippen LogP) is 0.479. The van der Waals surface area contributed by atoms with Gasteiger partial charge in [0.25, 0.3) is 5.91 Å². The number of nitrogens with zero attached hydrogens (tertiary/aromatic N) is 3. The molecule has 0 saturated carbocycles. The molecule has 0 aliphatic heterocycles. The van der Waals surface area contributed by atoms with E-state index in [4.69, 9.17) is 0 Å². The van der Waals surface area contributed by atoms with Crippen LogP contribution >= 0.6 is 0 Å². The van der Waals surface area contributed by atoms with E-state index in [2.05, 4.69) is 30.3 Å². The summed E-state index contributed by atoms with van der Waals surface area (Å²) in [6.07, 6.45) is 3.39. The molecule has 7 nitrogen and oxygen atoms in total. The number of pyridine rings is 1. The lowest BCUT2D eigenvalue weighted by atomic mass is 10.3. The predicted molar refractivity (Wildman–Crippen MR) is 64.1 cm³/mol. The minimum Gasteiger partial charge on any atom is -0.387 e. The number of amides is 1. The smallest absolute Gasteiger partial charge is 0.269 e. The van der Waals surface area contributed by atoms with E-state index in [9.17, 15) is 4.79 Å². The fourth-order valence-corrected chi connectivity index (χ4v) is 1.36. The molecule has 0 radical (unpaired) electrons. The van der Waals surface area contributed by atoms with Gasteiger partial charge in [-0.05, 0) is 12.1 Å². The summed E-state index contributed by atoms with van der Waals surface area (Å²) in [5.74, 6) is 0.343. The largest absolute Gasteiger partial charge is 0.387 e. The second-order valence-electron chi connectivity index (χ2n) is 3.54. The molecule has 0 fully saturated rings. The maximum atomic E-state index is 11.7. The van der Waals surface area contributed by atoms with Crippen molar-refractivity contribution in [2.24, 2.45) is 0 Å². The Morgan fingerprint density at radius 2 is 2.28 bits per heavy atom. The summed E-state index contributed by atoms with van der Waals surface area (Å²) in [4.78, 5) is 19.6. The molecule has 7 heteroatoms. The molecule has 1 amide bonds. The fraction of sp³-hybridized carbons (Fsp3) is 0.273. The molecule has 0 saturated heterocycles. The van der Waals surface area contributed by atoms with E-state index in [0.717, 1.165) is 5.69 Å². The summed E-state index contributed by atoms with van der Waals surface area (Å²) in [5, 5.41) is 9.31. The Labute approximate surface area is 104 Å². The number of hydrogen-bond donors (Lipinski definition) is 2. The second-order valence-corrected chi connectivity index (χ2v) is 3.54. The number of hydrogen-bond acceptors (Lipinski definition) is 6. The highest BCUT2D eigenvalue weighted by Gasteiger charge is 2.07. The molecule has 2 aromatic heterocycles. The van der Waals surface area contributed by atoms with Crippen molar-refractivity contribution in [3.8, 4) is 0 Å². The van der Waals surface area contributed by atoms with E-state index >= 15 is 0 Å². The molecule has 0 aliphatic carbocycles. The standard InChI is InChI=1S/C11H13N5O2/c1-12-8-2-3-9(14-6-8)11(17)13-5-4-10-15-7-18-16-10/h2-3,6-7,12H,4-5H2,1H3,(H,13,17). The zero-order chi connectivity index (χ0) is 12.8. The highest BCUT2D eigenvalue weighted by Crippen LogP contribution is 2.04. The van der Waals surface area contributed by atoms with Crippen molar-refractivity contribution in [2.45, 2.75) is 6.42 Å². The summed E-state index contributed by atoms with van der Waals surface area (Å²) in [7, 11) is 1.79. The van der Waals surface area contributed by atoms with Gasteiger partial charge >= 0.3 is 0 Å². The normalized spacial score (nSPS) is 10.1. The van der Waals surface area contributed by atoms with Gasteiger partial charge in [-0.2, -0.15) is 4.98 Å². The Bertz CT molecular complexity index is 495. The number of aromatic nitrogens is 3. The van der Waals surface area contributed by atoms with Gasteiger partial charge in [-0.1, -0.05) is 5.16 Å². The van der Waals surface area contributed by atoms with Crippen molar-refractivity contribution < 1.29 is 9.32 Å². The molecular formula is C11H13N5O2. The number of carbonyl (C=O) groups excluding carboxylic acids is 1. The summed E-state index contributed by atoms with van der Waals surface area (Å²) in [6.45, 7) is 0.438. The van der Waals surface area contributed by atoms with Gasteiger partial charge in [0, 0.05) is 20.0 Å². The van der Waals surface area contributed by atoms with Crippen molar-refractivity contribution in [1.82, 2.24) is 20.4 Å². The first-order valence-corrected chi connectivity index (χ1v) is 5.47. The van der Waals surface area contributed by atoms with Gasteiger partial charge in [-0.15, -0.1) is 0 Å².